The van der Waals surface area contributed by atoms with Crippen LogP contribution < -0.4 is 14.7 Å². The number of thioether (sulfide) groups is 1. The summed E-state index contributed by atoms with van der Waals surface area (Å²) in [6.07, 6.45) is 6.83. The van der Waals surface area contributed by atoms with Crippen LogP contribution in [-0.2, 0) is 0 Å². The lowest BCUT2D eigenvalue weighted by Gasteiger charge is -2.37. The maximum absolute atomic E-state index is 2.46. The molecule has 5 aromatic rings. The minimum atomic E-state index is 1.10. The maximum Gasteiger partial charge on any atom is 0.0601 e. The number of hydrogen-bond donors (Lipinski definition) is 0. The Morgan fingerprint density at radius 3 is 1.60 bits per heavy atom. The molecule has 0 bridgehead atoms. The van der Waals surface area contributed by atoms with Gasteiger partial charge in [0.05, 0.1) is 34.1 Å². The van der Waals surface area contributed by atoms with Crippen LogP contribution in [-0.4, -0.2) is 7.05 Å². The van der Waals surface area contributed by atoms with E-state index in [0.717, 1.165) is 12.8 Å². The highest BCUT2D eigenvalue weighted by atomic mass is 32.2. The SMILES string of the molecule is CC.CN1c2ccc(N3C4=C(CCC=C4)Sc4ccccc43)cc2Sc2cc(N3c4ccccc4Sc4ccccc43)ccc21. The first-order chi connectivity index (χ1) is 22.2. The van der Waals surface area contributed by atoms with Crippen molar-refractivity contribution < 1.29 is 0 Å². The molecule has 0 saturated carbocycles. The zero-order valence-electron chi connectivity index (χ0n) is 25.5. The molecule has 0 amide bonds. The van der Waals surface area contributed by atoms with E-state index < -0.39 is 0 Å². The zero-order chi connectivity index (χ0) is 30.5. The number of rotatable bonds is 2. The van der Waals surface area contributed by atoms with E-state index in [1.165, 1.54) is 74.9 Å². The van der Waals surface area contributed by atoms with E-state index in [1.807, 2.05) is 49.1 Å². The van der Waals surface area contributed by atoms with Gasteiger partial charge in [-0.1, -0.05) is 91.6 Å². The summed E-state index contributed by atoms with van der Waals surface area (Å²) in [5.41, 5.74) is 9.91. The predicted octanol–water partition coefficient (Wildman–Crippen LogP) is 12.7. The van der Waals surface area contributed by atoms with Gasteiger partial charge in [-0.05, 0) is 91.7 Å². The number of allylic oxidation sites excluding steroid dienone is 3. The van der Waals surface area contributed by atoms with Crippen LogP contribution in [0, 0.1) is 0 Å². The Labute approximate surface area is 278 Å². The minimum absolute atomic E-state index is 1.10. The fraction of sp³-hybridized carbons (Fsp3) is 0.128. The van der Waals surface area contributed by atoms with E-state index in [9.17, 15) is 0 Å². The van der Waals surface area contributed by atoms with Crippen molar-refractivity contribution in [3.63, 3.8) is 0 Å². The Balaban J connectivity index is 0.00000147. The van der Waals surface area contributed by atoms with Gasteiger partial charge in [0, 0.05) is 47.8 Å². The smallest absolute Gasteiger partial charge is 0.0601 e. The first-order valence-electron chi connectivity index (χ1n) is 15.6. The molecular weight excluding hydrogens is 607 g/mol. The van der Waals surface area contributed by atoms with Crippen molar-refractivity contribution in [1.82, 2.24) is 0 Å². The molecule has 0 fully saturated rings. The standard InChI is InChI=1S/C37H27N3S3.C2H6/c1-38-26-20-18-24(39-28-10-2-6-14-32(28)41-33-15-7-3-11-29(33)39)22-36(26)43-37-23-25(19-21-27(37)38)40-30-12-4-8-16-34(30)42-35-17-9-5-13-31(35)40;1-2/h2-8,10-16,18-23H,9,17H2,1H3;1-2H3. The molecule has 0 spiro atoms. The number of fused-ring (bicyclic) bond motifs is 5. The monoisotopic (exact) mass is 639 g/mol. The first kappa shape index (κ1) is 28.5. The molecule has 3 heterocycles. The van der Waals surface area contributed by atoms with Gasteiger partial charge in [0.15, 0.2) is 0 Å². The van der Waals surface area contributed by atoms with Crippen molar-refractivity contribution in [1.29, 1.82) is 0 Å². The summed E-state index contributed by atoms with van der Waals surface area (Å²) in [6.45, 7) is 4.00. The third kappa shape index (κ3) is 4.78. The highest BCUT2D eigenvalue weighted by molar-refractivity contribution is 8.03. The van der Waals surface area contributed by atoms with Crippen LogP contribution in [0.15, 0.2) is 156 Å². The van der Waals surface area contributed by atoms with Gasteiger partial charge >= 0.3 is 0 Å². The van der Waals surface area contributed by atoms with Crippen molar-refractivity contribution >= 4 is 75.1 Å². The van der Waals surface area contributed by atoms with Crippen molar-refractivity contribution in [2.24, 2.45) is 0 Å². The molecule has 3 aliphatic heterocycles. The molecular formula is C39H33N3S3. The molecule has 0 N–H and O–H groups in total. The van der Waals surface area contributed by atoms with E-state index in [2.05, 4.69) is 143 Å². The molecule has 9 rings (SSSR count). The van der Waals surface area contributed by atoms with E-state index in [0.29, 0.717) is 0 Å². The minimum Gasteiger partial charge on any atom is -0.343 e. The number of nitrogens with zero attached hydrogens (tertiary/aromatic N) is 3. The molecule has 5 aromatic carbocycles. The largest absolute Gasteiger partial charge is 0.343 e. The third-order valence-corrected chi connectivity index (χ3v) is 11.9. The number of benzene rings is 5. The van der Waals surface area contributed by atoms with Crippen LogP contribution in [0.1, 0.15) is 26.7 Å². The fourth-order valence-electron chi connectivity index (χ4n) is 6.43. The normalized spacial score (nSPS) is 15.6. The number of para-hydroxylation sites is 3. The summed E-state index contributed by atoms with van der Waals surface area (Å²) < 4.78 is 0. The van der Waals surface area contributed by atoms with Gasteiger partial charge in [0.2, 0.25) is 0 Å². The Morgan fingerprint density at radius 2 is 1.00 bits per heavy atom. The summed E-state index contributed by atoms with van der Waals surface area (Å²) in [6, 6.07) is 40.1. The van der Waals surface area contributed by atoms with Gasteiger partial charge in [0.25, 0.3) is 0 Å². The zero-order valence-corrected chi connectivity index (χ0v) is 28.0. The van der Waals surface area contributed by atoms with Crippen LogP contribution in [0.5, 0.6) is 0 Å². The van der Waals surface area contributed by atoms with Crippen molar-refractivity contribution in [2.75, 3.05) is 21.7 Å². The third-order valence-electron chi connectivity index (χ3n) is 8.46. The molecule has 0 saturated heterocycles. The summed E-state index contributed by atoms with van der Waals surface area (Å²) >= 11 is 5.66. The number of anilines is 7. The molecule has 1 aliphatic carbocycles. The molecule has 0 aromatic heterocycles. The van der Waals surface area contributed by atoms with Gasteiger partial charge < -0.3 is 14.7 Å². The molecule has 0 unspecified atom stereocenters. The molecule has 6 heteroatoms. The summed E-state index contributed by atoms with van der Waals surface area (Å²) in [4.78, 5) is 15.1. The molecule has 4 aliphatic rings. The van der Waals surface area contributed by atoms with Crippen molar-refractivity contribution in [3.8, 4) is 0 Å². The molecule has 222 valence electrons. The van der Waals surface area contributed by atoms with Gasteiger partial charge in [-0.15, -0.1) is 0 Å². The topological polar surface area (TPSA) is 9.72 Å². The Bertz CT molecular complexity index is 1970. The van der Waals surface area contributed by atoms with Crippen LogP contribution in [0.4, 0.5) is 39.8 Å². The summed E-state index contributed by atoms with van der Waals surface area (Å²) in [5.74, 6) is 0. The van der Waals surface area contributed by atoms with Crippen LogP contribution in [0.3, 0.4) is 0 Å². The van der Waals surface area contributed by atoms with Gasteiger partial charge in [-0.25, -0.2) is 0 Å². The predicted molar refractivity (Wildman–Crippen MR) is 195 cm³/mol. The van der Waals surface area contributed by atoms with Crippen LogP contribution in [0.2, 0.25) is 0 Å². The fourth-order valence-corrected chi connectivity index (χ4v) is 9.87. The Hall–Kier alpha value is -3.97. The average molecular weight is 640 g/mol. The highest BCUT2D eigenvalue weighted by Gasteiger charge is 2.30. The van der Waals surface area contributed by atoms with Gasteiger partial charge in [-0.2, -0.15) is 0 Å². The van der Waals surface area contributed by atoms with Crippen molar-refractivity contribution in [2.45, 2.75) is 51.2 Å². The first-order valence-corrected chi connectivity index (χ1v) is 18.0. The highest BCUT2D eigenvalue weighted by Crippen LogP contribution is 2.55. The average Bonchev–Trinajstić information content (AvgIpc) is 3.10. The summed E-state index contributed by atoms with van der Waals surface area (Å²) in [5, 5.41) is 0. The molecule has 0 radical (unpaired) electrons. The Morgan fingerprint density at radius 1 is 0.511 bits per heavy atom. The van der Waals surface area contributed by atoms with E-state index >= 15 is 0 Å². The Kier molecular flexibility index (Phi) is 7.44. The lowest BCUT2D eigenvalue weighted by atomic mass is 10.1. The lowest BCUT2D eigenvalue weighted by molar-refractivity contribution is 0.968. The van der Waals surface area contributed by atoms with Gasteiger partial charge in [-0.3, -0.25) is 0 Å². The lowest BCUT2D eigenvalue weighted by Crippen LogP contribution is -2.22. The second-order valence-corrected chi connectivity index (χ2v) is 14.3. The molecule has 3 nitrogen and oxygen atoms in total. The number of hydrogen-bond acceptors (Lipinski definition) is 6. The molecule has 45 heavy (non-hydrogen) atoms. The van der Waals surface area contributed by atoms with Gasteiger partial charge in [0.1, 0.15) is 0 Å². The van der Waals surface area contributed by atoms with E-state index in [1.54, 1.807) is 0 Å². The van der Waals surface area contributed by atoms with E-state index in [-0.39, 0.29) is 0 Å². The second-order valence-electron chi connectivity index (χ2n) is 11.0. The van der Waals surface area contributed by atoms with Crippen molar-refractivity contribution in [3.05, 3.63) is 132 Å². The van der Waals surface area contributed by atoms with Crippen LogP contribution in [0.25, 0.3) is 0 Å². The van der Waals surface area contributed by atoms with E-state index in [4.69, 9.17) is 0 Å². The quantitative estimate of drug-likeness (QED) is 0.185. The summed E-state index contributed by atoms with van der Waals surface area (Å²) in [7, 11) is 2.19. The molecule has 0 atom stereocenters. The second kappa shape index (κ2) is 11.8. The maximum atomic E-state index is 2.46. The van der Waals surface area contributed by atoms with Crippen LogP contribution >= 0.6 is 35.3 Å².